The summed E-state index contributed by atoms with van der Waals surface area (Å²) in [6, 6.07) is 18.7. The molecule has 4 aromatic carbocycles. The van der Waals surface area contributed by atoms with Crippen LogP contribution in [0.3, 0.4) is 0 Å². The summed E-state index contributed by atoms with van der Waals surface area (Å²) in [7, 11) is 0. The van der Waals surface area contributed by atoms with Crippen molar-refractivity contribution in [1.82, 2.24) is 28.1 Å². The van der Waals surface area contributed by atoms with E-state index < -0.39 is 12.3 Å². The summed E-state index contributed by atoms with van der Waals surface area (Å²) in [4.78, 5) is 13.6. The van der Waals surface area contributed by atoms with Gasteiger partial charge in [0.25, 0.3) is 0 Å². The largest absolute Gasteiger partial charge is 0.505 e. The van der Waals surface area contributed by atoms with Crippen LogP contribution in [0.4, 0.5) is 0 Å². The molecule has 0 unspecified atom stereocenters. The summed E-state index contributed by atoms with van der Waals surface area (Å²) in [6.45, 7) is -0.0843. The van der Waals surface area contributed by atoms with E-state index in [1.165, 1.54) is 0 Å². The van der Waals surface area contributed by atoms with Crippen LogP contribution >= 0.6 is 23.2 Å². The molecule has 0 aliphatic carbocycles. The van der Waals surface area contributed by atoms with E-state index in [4.69, 9.17) is 38.5 Å². The average Bonchev–Trinajstić information content (AvgIpc) is 3.95. The SMILES string of the molecule is O=C(O)CCCCC(O)O.OCCc1cc(Cc2cc(CCO)cc(-n3n4c5ccc(Cl)cc5n34)c2O)c(O)c(-n2n3c4ccc(Cl)cc4n23)c1. The molecule has 16 heteroatoms. The Morgan fingerprint density at radius 2 is 1.10 bits per heavy atom. The Morgan fingerprint density at radius 1 is 0.647 bits per heavy atom. The van der Waals surface area contributed by atoms with Gasteiger partial charge in [0.05, 0.1) is 0 Å². The Hall–Kier alpha value is -4.83. The van der Waals surface area contributed by atoms with Crippen molar-refractivity contribution in [2.24, 2.45) is 0 Å². The lowest BCUT2D eigenvalue weighted by Gasteiger charge is -2.14. The monoisotopic (exact) mass is 738 g/mol. The number of rotatable bonds is 13. The van der Waals surface area contributed by atoms with E-state index in [9.17, 15) is 25.2 Å². The number of carbonyl (C=O) groups is 1. The molecule has 4 aromatic heterocycles. The summed E-state index contributed by atoms with van der Waals surface area (Å²) in [5, 5.41) is 68.4. The Kier molecular flexibility index (Phi) is 9.31. The Balaban J connectivity index is 0.000000358. The smallest absolute Gasteiger partial charge is 0.303 e. The number of aliphatic carboxylic acids is 1. The summed E-state index contributed by atoms with van der Waals surface area (Å²) in [5.74, 6) is -0.687. The maximum absolute atomic E-state index is 11.5. The molecule has 0 aliphatic rings. The van der Waals surface area contributed by atoms with Crippen LogP contribution in [0.25, 0.3) is 33.4 Å². The number of aliphatic hydroxyl groups is 4. The average molecular weight is 740 g/mol. The number of halogens is 2. The topological polar surface area (TPSA) is 186 Å². The summed E-state index contributed by atoms with van der Waals surface area (Å²) in [6.07, 6.45) is 1.17. The molecular formula is C35H36Cl2N6O8. The van der Waals surface area contributed by atoms with Crippen LogP contribution in [0.5, 0.6) is 11.5 Å². The Bertz CT molecular complexity index is 2310. The molecule has 14 nitrogen and oxygen atoms in total. The molecule has 0 spiro atoms. The third-order valence-electron chi connectivity index (χ3n) is 8.93. The molecule has 0 fully saturated rings. The van der Waals surface area contributed by atoms with Crippen molar-refractivity contribution < 1.29 is 40.5 Å². The minimum absolute atomic E-state index is 0.0422. The van der Waals surface area contributed by atoms with E-state index in [-0.39, 0.29) is 44.0 Å². The van der Waals surface area contributed by atoms with Crippen LogP contribution < -0.4 is 0 Å². The third kappa shape index (κ3) is 6.46. The van der Waals surface area contributed by atoms with Crippen LogP contribution in [0, 0.1) is 0 Å². The van der Waals surface area contributed by atoms with Crippen molar-refractivity contribution in [1.29, 1.82) is 0 Å². The maximum atomic E-state index is 11.5. The van der Waals surface area contributed by atoms with Crippen LogP contribution in [0.1, 0.15) is 47.9 Å². The number of phenolic OH excluding ortho intramolecular Hbond substituents is 2. The number of unbranched alkanes of at least 4 members (excludes halogenated alkanes) is 1. The predicted octanol–water partition coefficient (Wildman–Crippen LogP) is 4.47. The molecule has 0 saturated carbocycles. The second-order valence-corrected chi connectivity index (χ2v) is 13.4. The number of hydrogen-bond acceptors (Lipinski definition) is 7. The first-order valence-corrected chi connectivity index (χ1v) is 17.2. The van der Waals surface area contributed by atoms with Gasteiger partial charge in [-0.1, -0.05) is 35.3 Å². The minimum atomic E-state index is -1.30. The van der Waals surface area contributed by atoms with Gasteiger partial charge in [0.2, 0.25) is 0 Å². The molecule has 0 aliphatic heterocycles. The molecule has 7 N–H and O–H groups in total. The van der Waals surface area contributed by atoms with E-state index in [0.717, 1.165) is 33.2 Å². The van der Waals surface area contributed by atoms with E-state index in [1.54, 1.807) is 0 Å². The zero-order valence-electron chi connectivity index (χ0n) is 27.2. The van der Waals surface area contributed by atoms with E-state index in [2.05, 4.69) is 0 Å². The lowest BCUT2D eigenvalue weighted by atomic mass is 9.96. The molecule has 0 atom stereocenters. The summed E-state index contributed by atoms with van der Waals surface area (Å²) < 4.78 is 7.66. The van der Waals surface area contributed by atoms with Crippen LogP contribution in [-0.2, 0) is 24.1 Å². The molecule has 8 aromatic rings. The van der Waals surface area contributed by atoms with Gasteiger partial charge in [0, 0.05) is 47.2 Å². The molecule has 0 radical (unpaired) electrons. The zero-order valence-corrected chi connectivity index (χ0v) is 28.7. The Morgan fingerprint density at radius 3 is 1.51 bits per heavy atom. The van der Waals surface area contributed by atoms with Gasteiger partial charge >= 0.3 is 5.97 Å². The number of nitrogens with zero attached hydrogens (tertiary/aromatic N) is 6. The molecule has 8 rings (SSSR count). The summed E-state index contributed by atoms with van der Waals surface area (Å²) in [5.41, 5.74) is 7.87. The fourth-order valence-electron chi connectivity index (χ4n) is 6.46. The molecule has 51 heavy (non-hydrogen) atoms. The quantitative estimate of drug-likeness (QED) is 0.0667. The number of hydrogen-bond donors (Lipinski definition) is 7. The Labute approximate surface area is 299 Å². The molecule has 4 heterocycles. The number of carboxylic acids is 1. The van der Waals surface area contributed by atoms with Gasteiger partial charge in [0.1, 0.15) is 44.9 Å². The van der Waals surface area contributed by atoms with Crippen molar-refractivity contribution in [3.63, 3.8) is 0 Å². The number of aromatic nitrogens is 6. The number of aromatic hydroxyl groups is 2. The van der Waals surface area contributed by atoms with Gasteiger partial charge in [0.15, 0.2) is 6.29 Å². The molecular weight excluding hydrogens is 703 g/mol. The van der Waals surface area contributed by atoms with Crippen molar-refractivity contribution in [2.45, 2.75) is 51.2 Å². The second-order valence-electron chi connectivity index (χ2n) is 12.5. The van der Waals surface area contributed by atoms with Gasteiger partial charge in [-0.25, -0.2) is 0 Å². The normalized spacial score (nSPS) is 12.1. The predicted molar refractivity (Wildman–Crippen MR) is 190 cm³/mol. The lowest BCUT2D eigenvalue weighted by Crippen LogP contribution is -2.03. The molecule has 268 valence electrons. The summed E-state index contributed by atoms with van der Waals surface area (Å²) >= 11 is 12.4. The van der Waals surface area contributed by atoms with Crippen LogP contribution in [-0.4, -0.2) is 89.3 Å². The minimum Gasteiger partial charge on any atom is -0.505 e. The van der Waals surface area contributed by atoms with Gasteiger partial charge in [-0.2, -0.15) is 0 Å². The van der Waals surface area contributed by atoms with Crippen LogP contribution in [0.2, 0.25) is 10.0 Å². The standard InChI is InChI=1S/C29H24Cl2N6O4.C6H12O4/c30-20-1-3-22-24(14-20)34-32(22)36(34)26-11-16(5-7-38)9-18(28(26)40)13-19-10-17(6-8-39)12-27(29(19)41)37-33-23-4-2-21(31)15-25(23)35(33)37;7-5(8)3-1-2-4-6(9)10/h1-4,9-12,14-15,38-41H,5-8,13H2;5,7-8H,1-4H2,(H,9,10). The first-order valence-electron chi connectivity index (χ1n) is 16.4. The maximum Gasteiger partial charge on any atom is 0.303 e. The van der Waals surface area contributed by atoms with Crippen molar-refractivity contribution >= 4 is 51.2 Å². The number of benzene rings is 4. The molecule has 0 bridgehead atoms. The highest BCUT2D eigenvalue weighted by Gasteiger charge is 2.29. The molecule has 0 amide bonds. The van der Waals surface area contributed by atoms with Gasteiger partial charge in [-0.15, -0.1) is 28.1 Å². The van der Waals surface area contributed by atoms with E-state index in [0.29, 0.717) is 58.2 Å². The zero-order chi connectivity index (χ0) is 36.1. The van der Waals surface area contributed by atoms with Crippen molar-refractivity contribution in [3.05, 3.63) is 93.0 Å². The van der Waals surface area contributed by atoms with Crippen molar-refractivity contribution in [2.75, 3.05) is 13.2 Å². The fraction of sp³-hybridized carbons (Fsp3) is 0.286. The first-order chi connectivity index (χ1) is 24.5. The first kappa shape index (κ1) is 34.6. The number of carboxylic acid groups (broad SMARTS) is 1. The fourth-order valence-corrected chi connectivity index (χ4v) is 6.79. The van der Waals surface area contributed by atoms with Crippen molar-refractivity contribution in [3.8, 4) is 22.9 Å². The van der Waals surface area contributed by atoms with Crippen LogP contribution in [0.15, 0.2) is 60.7 Å². The van der Waals surface area contributed by atoms with Gasteiger partial charge < -0.3 is 35.7 Å². The highest BCUT2D eigenvalue weighted by molar-refractivity contribution is 6.31. The third-order valence-corrected chi connectivity index (χ3v) is 9.40. The van der Waals surface area contributed by atoms with E-state index in [1.807, 2.05) is 88.8 Å². The second kappa shape index (κ2) is 13.7. The number of phenols is 2. The lowest BCUT2D eigenvalue weighted by molar-refractivity contribution is -0.137. The number of fused-ring (bicyclic) bond motifs is 8. The van der Waals surface area contributed by atoms with Gasteiger partial charge in [-0.3, -0.25) is 4.79 Å². The highest BCUT2D eigenvalue weighted by Crippen LogP contribution is 2.39. The molecule has 0 saturated heterocycles. The highest BCUT2D eigenvalue weighted by atomic mass is 35.5. The van der Waals surface area contributed by atoms with Gasteiger partial charge in [-0.05, 0) is 91.8 Å². The van der Waals surface area contributed by atoms with E-state index >= 15 is 0 Å². The number of aliphatic hydroxyl groups excluding tert-OH is 3.